The summed E-state index contributed by atoms with van der Waals surface area (Å²) in [5, 5.41) is 0. The van der Waals surface area contributed by atoms with Gasteiger partial charge in [0.1, 0.15) is 0 Å². The van der Waals surface area contributed by atoms with E-state index in [4.69, 9.17) is 9.29 Å². The van der Waals surface area contributed by atoms with Gasteiger partial charge in [0.05, 0.1) is 19.3 Å². The Morgan fingerprint density at radius 1 is 1.65 bits per heavy atom. The summed E-state index contributed by atoms with van der Waals surface area (Å²) in [6, 6.07) is 0. The van der Waals surface area contributed by atoms with E-state index in [0.29, 0.717) is 6.10 Å². The van der Waals surface area contributed by atoms with Crippen LogP contribution >= 0.6 is 0 Å². The van der Waals surface area contributed by atoms with E-state index in [1.807, 2.05) is 6.08 Å². The smallest absolute Gasteiger partial charge is 0.376 e. The van der Waals surface area contributed by atoms with Crippen molar-refractivity contribution in [2.45, 2.75) is 20.0 Å². The first-order chi connectivity index (χ1) is 7.89. The molecule has 0 radical (unpaired) electrons. The van der Waals surface area contributed by atoms with E-state index in [1.165, 1.54) is 6.92 Å². The van der Waals surface area contributed by atoms with Crippen LogP contribution < -0.4 is 0 Å². The van der Waals surface area contributed by atoms with Gasteiger partial charge in [-0.05, 0) is 13.8 Å². The van der Waals surface area contributed by atoms with Gasteiger partial charge in [-0.2, -0.15) is 8.42 Å². The summed E-state index contributed by atoms with van der Waals surface area (Å²) in [5.41, 5.74) is 0. The second-order valence-electron chi connectivity index (χ2n) is 3.56. The lowest BCUT2D eigenvalue weighted by Gasteiger charge is -2.29. The molecule has 1 aliphatic heterocycles. The van der Waals surface area contributed by atoms with Crippen molar-refractivity contribution < 1.29 is 21.9 Å². The van der Waals surface area contributed by atoms with E-state index in [9.17, 15) is 8.42 Å². The van der Waals surface area contributed by atoms with Gasteiger partial charge in [0, 0.05) is 19.6 Å². The average molecular weight is 267 g/mol. The molecule has 1 N–H and O–H groups in total. The fourth-order valence-corrected chi connectivity index (χ4v) is 1.69. The van der Waals surface area contributed by atoms with Crippen LogP contribution in [0.1, 0.15) is 13.8 Å². The normalized spacial score (nSPS) is 21.5. The predicted octanol–water partition coefficient (Wildman–Crippen LogP) is 0.719. The highest BCUT2D eigenvalue weighted by Gasteiger charge is 2.14. The van der Waals surface area contributed by atoms with Crippen LogP contribution in [0, 0.1) is 0 Å². The van der Waals surface area contributed by atoms with Crippen molar-refractivity contribution in [3.8, 4) is 0 Å². The monoisotopic (exact) mass is 267 g/mol. The fourth-order valence-electron chi connectivity index (χ4n) is 1.39. The van der Waals surface area contributed by atoms with Crippen molar-refractivity contribution in [2.75, 3.05) is 32.8 Å². The summed E-state index contributed by atoms with van der Waals surface area (Å²) in [4.78, 5) is 2.35. The van der Waals surface area contributed by atoms with Gasteiger partial charge >= 0.3 is 10.4 Å². The van der Waals surface area contributed by atoms with Gasteiger partial charge in [0.2, 0.25) is 0 Å². The number of hydrogen-bond donors (Lipinski definition) is 1. The van der Waals surface area contributed by atoms with Crippen LogP contribution in [0.3, 0.4) is 0 Å². The zero-order valence-electron chi connectivity index (χ0n) is 10.3. The Hall–Kier alpha value is -0.470. The molecule has 0 spiro atoms. The minimum absolute atomic E-state index is 0.0289. The third-order valence-corrected chi connectivity index (χ3v) is 2.51. The van der Waals surface area contributed by atoms with Gasteiger partial charge in [-0.15, -0.1) is 6.58 Å². The fraction of sp³-hybridized carbons (Fsp3) is 0.800. The Bertz CT molecular complexity index is 304. The van der Waals surface area contributed by atoms with Gasteiger partial charge in [-0.3, -0.25) is 9.45 Å². The number of hydrogen-bond acceptors (Lipinski definition) is 5. The molecule has 0 aromatic rings. The first kappa shape index (κ1) is 16.5. The lowest BCUT2D eigenvalue weighted by Crippen LogP contribution is -2.40. The molecular formula is C10H21NO5S. The molecule has 1 fully saturated rings. The van der Waals surface area contributed by atoms with E-state index in [1.54, 1.807) is 0 Å². The zero-order valence-corrected chi connectivity index (χ0v) is 11.1. The summed E-state index contributed by atoms with van der Waals surface area (Å²) < 4.78 is 36.0. The summed E-state index contributed by atoms with van der Waals surface area (Å²) in [6.07, 6.45) is 2.34. The number of nitrogens with zero attached hydrogens (tertiary/aromatic N) is 1. The number of morpholine rings is 1. The molecule has 0 aromatic carbocycles. The van der Waals surface area contributed by atoms with Crippen molar-refractivity contribution in [1.82, 2.24) is 4.90 Å². The highest BCUT2D eigenvalue weighted by atomic mass is 32.3. The molecule has 0 saturated carbocycles. The third-order valence-electron chi connectivity index (χ3n) is 1.98. The Labute approximate surface area is 103 Å². The molecule has 0 aromatic heterocycles. The van der Waals surface area contributed by atoms with Crippen LogP contribution in [0.4, 0.5) is 0 Å². The van der Waals surface area contributed by atoms with Crippen molar-refractivity contribution in [3.05, 3.63) is 12.7 Å². The summed E-state index contributed by atoms with van der Waals surface area (Å²) >= 11 is 0. The van der Waals surface area contributed by atoms with Crippen LogP contribution in [-0.4, -0.2) is 56.8 Å². The van der Waals surface area contributed by atoms with Crippen LogP contribution in [-0.2, 0) is 19.3 Å². The van der Waals surface area contributed by atoms with Gasteiger partial charge in [-0.1, -0.05) is 6.08 Å². The standard InChI is InChI=1S/C8H15NO.C2H6O4S/c1-3-4-9-5-6-10-8(2)7-9;1-2-6-7(3,4)5/h3,8H,1,4-7H2,2H3;2H2,1H3,(H,3,4,5). The summed E-state index contributed by atoms with van der Waals surface area (Å²) in [6.45, 7) is 11.2. The molecule has 0 amide bonds. The van der Waals surface area contributed by atoms with E-state index >= 15 is 0 Å². The highest BCUT2D eigenvalue weighted by Crippen LogP contribution is 2.02. The minimum Gasteiger partial charge on any atom is -0.376 e. The van der Waals surface area contributed by atoms with Crippen LogP contribution in [0.25, 0.3) is 0 Å². The van der Waals surface area contributed by atoms with Crippen molar-refractivity contribution in [1.29, 1.82) is 0 Å². The van der Waals surface area contributed by atoms with Crippen LogP contribution in [0.2, 0.25) is 0 Å². The number of ether oxygens (including phenoxy) is 1. The van der Waals surface area contributed by atoms with Gasteiger partial charge in [0.25, 0.3) is 0 Å². The molecule has 17 heavy (non-hydrogen) atoms. The Morgan fingerprint density at radius 3 is 2.65 bits per heavy atom. The second-order valence-corrected chi connectivity index (χ2v) is 4.66. The SMILES string of the molecule is C=CCN1CCOC(C)C1.CCOS(=O)(=O)O. The molecule has 102 valence electrons. The van der Waals surface area contributed by atoms with Gasteiger partial charge in [-0.25, -0.2) is 4.18 Å². The maximum absolute atomic E-state index is 9.56. The summed E-state index contributed by atoms with van der Waals surface area (Å²) in [5.74, 6) is 0. The Balaban J connectivity index is 0.000000325. The first-order valence-corrected chi connectivity index (χ1v) is 6.82. The van der Waals surface area contributed by atoms with E-state index in [0.717, 1.165) is 26.2 Å². The molecule has 1 aliphatic rings. The van der Waals surface area contributed by atoms with E-state index < -0.39 is 10.4 Å². The lowest BCUT2D eigenvalue weighted by molar-refractivity contribution is -0.0140. The van der Waals surface area contributed by atoms with Crippen molar-refractivity contribution in [2.24, 2.45) is 0 Å². The van der Waals surface area contributed by atoms with Gasteiger partial charge in [0.15, 0.2) is 0 Å². The molecular weight excluding hydrogens is 246 g/mol. The molecule has 6 nitrogen and oxygen atoms in total. The molecule has 1 unspecified atom stereocenters. The Morgan fingerprint density at radius 2 is 2.29 bits per heavy atom. The molecule has 1 atom stereocenters. The third kappa shape index (κ3) is 10.4. The van der Waals surface area contributed by atoms with Crippen LogP contribution in [0.15, 0.2) is 12.7 Å². The molecule has 0 bridgehead atoms. The lowest BCUT2D eigenvalue weighted by atomic mass is 10.3. The average Bonchev–Trinajstić information content (AvgIpc) is 2.17. The summed E-state index contributed by atoms with van der Waals surface area (Å²) in [7, 11) is -4.17. The van der Waals surface area contributed by atoms with Crippen LogP contribution in [0.5, 0.6) is 0 Å². The van der Waals surface area contributed by atoms with Gasteiger partial charge < -0.3 is 4.74 Å². The molecule has 0 aliphatic carbocycles. The van der Waals surface area contributed by atoms with Crippen molar-refractivity contribution >= 4 is 10.4 Å². The highest BCUT2D eigenvalue weighted by molar-refractivity contribution is 7.80. The molecule has 1 heterocycles. The largest absolute Gasteiger partial charge is 0.397 e. The maximum Gasteiger partial charge on any atom is 0.397 e. The molecule has 7 heteroatoms. The quantitative estimate of drug-likeness (QED) is 0.597. The Kier molecular flexibility index (Phi) is 8.36. The first-order valence-electron chi connectivity index (χ1n) is 5.45. The maximum atomic E-state index is 9.56. The van der Waals surface area contributed by atoms with E-state index in [-0.39, 0.29) is 6.61 Å². The minimum atomic E-state index is -4.17. The molecule has 1 saturated heterocycles. The van der Waals surface area contributed by atoms with Crippen molar-refractivity contribution in [3.63, 3.8) is 0 Å². The number of rotatable bonds is 4. The second kappa shape index (κ2) is 8.60. The van der Waals surface area contributed by atoms with E-state index in [2.05, 4.69) is 22.6 Å². The predicted molar refractivity (Wildman–Crippen MR) is 65.2 cm³/mol. The topological polar surface area (TPSA) is 76.1 Å². The molecule has 1 rings (SSSR count). The zero-order chi connectivity index (χ0) is 13.3.